The van der Waals surface area contributed by atoms with E-state index in [1.54, 1.807) is 7.05 Å². The van der Waals surface area contributed by atoms with Gasteiger partial charge in [-0.05, 0) is 0 Å². The maximum atomic E-state index is 11.5. The predicted octanol–water partition coefficient (Wildman–Crippen LogP) is 0.245. The number of hydrogen-bond donors (Lipinski definition) is 3. The molecule has 1 aromatic rings. The van der Waals surface area contributed by atoms with Crippen molar-refractivity contribution >= 4 is 11.6 Å². The molecule has 0 unspecified atom stereocenters. The van der Waals surface area contributed by atoms with Crippen molar-refractivity contribution in [1.82, 2.24) is 15.3 Å². The summed E-state index contributed by atoms with van der Waals surface area (Å²) in [5.74, 6) is 5.76. The molecule has 0 fully saturated rings. The van der Waals surface area contributed by atoms with Crippen LogP contribution in [0.3, 0.4) is 0 Å². The van der Waals surface area contributed by atoms with Gasteiger partial charge in [0, 0.05) is 13.0 Å². The standard InChI is InChI=1S/C9H15N5O/c1-5(2)8-12-4-6(14-10)7(13-8)9(15)11-3/h4-5,14H,10H2,1-3H3,(H,11,15). The topological polar surface area (TPSA) is 92.9 Å². The first kappa shape index (κ1) is 11.4. The number of carbonyl (C=O) groups is 1. The third-order valence-corrected chi connectivity index (χ3v) is 1.92. The van der Waals surface area contributed by atoms with Crippen molar-refractivity contribution in [2.24, 2.45) is 5.84 Å². The summed E-state index contributed by atoms with van der Waals surface area (Å²) >= 11 is 0. The molecule has 0 aliphatic rings. The number of nitrogen functional groups attached to an aromatic ring is 1. The summed E-state index contributed by atoms with van der Waals surface area (Å²) in [4.78, 5) is 19.7. The van der Waals surface area contributed by atoms with E-state index in [0.717, 1.165) is 0 Å². The summed E-state index contributed by atoms with van der Waals surface area (Å²) in [5.41, 5.74) is 3.07. The maximum Gasteiger partial charge on any atom is 0.271 e. The van der Waals surface area contributed by atoms with Crippen LogP contribution in [0.25, 0.3) is 0 Å². The van der Waals surface area contributed by atoms with E-state index >= 15 is 0 Å². The molecule has 6 heteroatoms. The van der Waals surface area contributed by atoms with E-state index in [1.165, 1.54) is 6.20 Å². The lowest BCUT2D eigenvalue weighted by atomic mass is 10.2. The summed E-state index contributed by atoms with van der Waals surface area (Å²) < 4.78 is 0. The number of carbonyl (C=O) groups excluding carboxylic acids is 1. The number of anilines is 1. The largest absolute Gasteiger partial charge is 0.354 e. The lowest BCUT2D eigenvalue weighted by molar-refractivity contribution is 0.0958. The highest BCUT2D eigenvalue weighted by molar-refractivity contribution is 5.97. The van der Waals surface area contributed by atoms with Gasteiger partial charge in [0.05, 0.1) is 11.9 Å². The van der Waals surface area contributed by atoms with Crippen LogP contribution in [0.4, 0.5) is 5.69 Å². The molecule has 0 bridgehead atoms. The molecule has 0 aliphatic carbocycles. The van der Waals surface area contributed by atoms with Crippen LogP contribution in [-0.2, 0) is 0 Å². The summed E-state index contributed by atoms with van der Waals surface area (Å²) in [6.07, 6.45) is 1.51. The minimum Gasteiger partial charge on any atom is -0.354 e. The molecule has 1 amide bonds. The summed E-state index contributed by atoms with van der Waals surface area (Å²) in [7, 11) is 1.54. The average molecular weight is 209 g/mol. The Hall–Kier alpha value is -1.69. The summed E-state index contributed by atoms with van der Waals surface area (Å²) in [6, 6.07) is 0. The maximum absolute atomic E-state index is 11.5. The number of nitrogens with one attached hydrogen (secondary N) is 2. The molecular weight excluding hydrogens is 194 g/mol. The Balaban J connectivity index is 3.19. The molecule has 0 radical (unpaired) electrons. The molecule has 0 atom stereocenters. The molecule has 0 saturated carbocycles. The first-order chi connectivity index (χ1) is 7.10. The van der Waals surface area contributed by atoms with Crippen molar-refractivity contribution in [3.63, 3.8) is 0 Å². The zero-order valence-corrected chi connectivity index (χ0v) is 9.03. The summed E-state index contributed by atoms with van der Waals surface area (Å²) in [5, 5.41) is 2.50. The van der Waals surface area contributed by atoms with Crippen LogP contribution >= 0.6 is 0 Å². The molecule has 0 aromatic carbocycles. The summed E-state index contributed by atoms with van der Waals surface area (Å²) in [6.45, 7) is 3.91. The molecule has 0 aliphatic heterocycles. The highest BCUT2D eigenvalue weighted by Crippen LogP contribution is 2.14. The van der Waals surface area contributed by atoms with Gasteiger partial charge >= 0.3 is 0 Å². The number of rotatable bonds is 3. The van der Waals surface area contributed by atoms with Crippen LogP contribution < -0.4 is 16.6 Å². The third-order valence-electron chi connectivity index (χ3n) is 1.92. The number of amides is 1. The smallest absolute Gasteiger partial charge is 0.271 e. The second-order valence-corrected chi connectivity index (χ2v) is 3.37. The van der Waals surface area contributed by atoms with Gasteiger partial charge in [0.25, 0.3) is 5.91 Å². The van der Waals surface area contributed by atoms with Gasteiger partial charge in [0.1, 0.15) is 5.82 Å². The SMILES string of the molecule is CNC(=O)c1nc(C(C)C)ncc1NN. The van der Waals surface area contributed by atoms with E-state index in [0.29, 0.717) is 11.5 Å². The first-order valence-electron chi connectivity index (χ1n) is 4.65. The quantitative estimate of drug-likeness (QED) is 0.490. The van der Waals surface area contributed by atoms with E-state index in [4.69, 9.17) is 5.84 Å². The lowest BCUT2D eigenvalue weighted by Gasteiger charge is -2.09. The van der Waals surface area contributed by atoms with E-state index in [-0.39, 0.29) is 17.5 Å². The number of hydrogen-bond acceptors (Lipinski definition) is 5. The van der Waals surface area contributed by atoms with Gasteiger partial charge in [-0.2, -0.15) is 0 Å². The Kier molecular flexibility index (Phi) is 3.56. The van der Waals surface area contributed by atoms with E-state index in [9.17, 15) is 4.79 Å². The zero-order chi connectivity index (χ0) is 11.4. The van der Waals surface area contributed by atoms with Crippen molar-refractivity contribution in [1.29, 1.82) is 0 Å². The van der Waals surface area contributed by atoms with Crippen LogP contribution in [0.15, 0.2) is 6.20 Å². The Morgan fingerprint density at radius 3 is 2.67 bits per heavy atom. The molecule has 15 heavy (non-hydrogen) atoms. The highest BCUT2D eigenvalue weighted by Gasteiger charge is 2.14. The van der Waals surface area contributed by atoms with Crippen LogP contribution in [0.1, 0.15) is 36.1 Å². The molecule has 1 aromatic heterocycles. The first-order valence-corrected chi connectivity index (χ1v) is 4.65. The molecule has 0 spiro atoms. The van der Waals surface area contributed by atoms with Gasteiger partial charge in [0.15, 0.2) is 5.69 Å². The highest BCUT2D eigenvalue weighted by atomic mass is 16.1. The van der Waals surface area contributed by atoms with Gasteiger partial charge < -0.3 is 10.7 Å². The molecule has 6 nitrogen and oxygen atoms in total. The fourth-order valence-electron chi connectivity index (χ4n) is 1.07. The molecule has 4 N–H and O–H groups in total. The van der Waals surface area contributed by atoms with Gasteiger partial charge in [-0.15, -0.1) is 0 Å². The van der Waals surface area contributed by atoms with Crippen LogP contribution in [0, 0.1) is 0 Å². The van der Waals surface area contributed by atoms with Crippen molar-refractivity contribution in [2.45, 2.75) is 19.8 Å². The van der Waals surface area contributed by atoms with E-state index in [2.05, 4.69) is 20.7 Å². The van der Waals surface area contributed by atoms with Gasteiger partial charge in [-0.25, -0.2) is 9.97 Å². The monoisotopic (exact) mass is 209 g/mol. The minimum absolute atomic E-state index is 0.167. The fraction of sp³-hybridized carbons (Fsp3) is 0.444. The van der Waals surface area contributed by atoms with Crippen molar-refractivity contribution < 1.29 is 4.79 Å². The van der Waals surface area contributed by atoms with Gasteiger partial charge in [-0.1, -0.05) is 13.8 Å². The molecule has 1 rings (SSSR count). The molecule has 82 valence electrons. The molecular formula is C9H15N5O. The fourth-order valence-corrected chi connectivity index (χ4v) is 1.07. The normalized spacial score (nSPS) is 10.2. The van der Waals surface area contributed by atoms with Crippen molar-refractivity contribution in [2.75, 3.05) is 12.5 Å². The number of aromatic nitrogens is 2. The van der Waals surface area contributed by atoms with Crippen molar-refractivity contribution in [3.05, 3.63) is 17.7 Å². The molecule has 0 saturated heterocycles. The number of nitrogens with zero attached hydrogens (tertiary/aromatic N) is 2. The Labute approximate surface area is 88.3 Å². The second kappa shape index (κ2) is 4.70. The Morgan fingerprint density at radius 2 is 2.20 bits per heavy atom. The van der Waals surface area contributed by atoms with Crippen LogP contribution in [0.2, 0.25) is 0 Å². The van der Waals surface area contributed by atoms with Crippen LogP contribution in [0.5, 0.6) is 0 Å². The average Bonchev–Trinajstić information content (AvgIpc) is 2.27. The van der Waals surface area contributed by atoms with Gasteiger partial charge in [0.2, 0.25) is 0 Å². The lowest BCUT2D eigenvalue weighted by Crippen LogP contribution is -2.23. The Bertz CT molecular complexity index is 364. The second-order valence-electron chi connectivity index (χ2n) is 3.37. The number of nitrogens with two attached hydrogens (primary N) is 1. The van der Waals surface area contributed by atoms with Gasteiger partial charge in [-0.3, -0.25) is 10.6 Å². The minimum atomic E-state index is -0.285. The zero-order valence-electron chi connectivity index (χ0n) is 9.03. The predicted molar refractivity (Wildman–Crippen MR) is 57.3 cm³/mol. The molecule has 1 heterocycles. The van der Waals surface area contributed by atoms with E-state index in [1.807, 2.05) is 13.8 Å². The van der Waals surface area contributed by atoms with E-state index < -0.39 is 0 Å². The van der Waals surface area contributed by atoms with Crippen molar-refractivity contribution in [3.8, 4) is 0 Å². The Morgan fingerprint density at radius 1 is 1.53 bits per heavy atom. The third kappa shape index (κ3) is 2.41. The number of hydrazine groups is 1. The van der Waals surface area contributed by atoms with Crippen LogP contribution in [-0.4, -0.2) is 22.9 Å².